The molecule has 42 heavy (non-hydrogen) atoms. The molecule has 0 unspecified atom stereocenters. The fourth-order valence-electron chi connectivity index (χ4n) is 5.02. The summed E-state index contributed by atoms with van der Waals surface area (Å²) in [5.41, 5.74) is 1.96. The Morgan fingerprint density at radius 1 is 0.952 bits per heavy atom. The Balaban J connectivity index is 1.36. The van der Waals surface area contributed by atoms with Gasteiger partial charge in [-0.1, -0.05) is 6.07 Å². The zero-order valence-corrected chi connectivity index (χ0v) is 23.0. The lowest BCUT2D eigenvalue weighted by molar-refractivity contribution is 0.0651. The van der Waals surface area contributed by atoms with Gasteiger partial charge in [0.05, 0.1) is 38.6 Å². The summed E-state index contributed by atoms with van der Waals surface area (Å²) < 4.78 is 40.3. The zero-order valence-electron chi connectivity index (χ0n) is 23.0. The number of halogens is 2. The van der Waals surface area contributed by atoms with E-state index < -0.39 is 11.6 Å². The normalized spacial score (nSPS) is 14.0. The lowest BCUT2D eigenvalue weighted by Crippen LogP contribution is -2.41. The molecular weight excluding hydrogens is 544 g/mol. The molecule has 3 aromatic carbocycles. The number of amides is 2. The molecule has 0 saturated carbocycles. The van der Waals surface area contributed by atoms with E-state index in [4.69, 9.17) is 9.47 Å². The van der Waals surface area contributed by atoms with Crippen LogP contribution in [0.25, 0.3) is 11.4 Å². The highest BCUT2D eigenvalue weighted by atomic mass is 19.1. The predicted octanol–water partition coefficient (Wildman–Crippen LogP) is 5.18. The van der Waals surface area contributed by atoms with E-state index in [0.29, 0.717) is 28.4 Å². The molecule has 2 amide bonds. The molecule has 2 aliphatic rings. The number of ether oxygens (including phenoxy) is 2. The molecule has 2 aliphatic heterocycles. The first-order chi connectivity index (χ1) is 20.4. The van der Waals surface area contributed by atoms with Gasteiger partial charge in [0, 0.05) is 36.0 Å². The summed E-state index contributed by atoms with van der Waals surface area (Å²) in [6.45, 7) is 1.76. The molecule has 9 nitrogen and oxygen atoms in total. The molecule has 11 heteroatoms. The first-order valence-corrected chi connectivity index (χ1v) is 13.4. The summed E-state index contributed by atoms with van der Waals surface area (Å²) in [6.07, 6.45) is 0.991. The highest BCUT2D eigenvalue weighted by Crippen LogP contribution is 2.35. The van der Waals surface area contributed by atoms with Crippen LogP contribution in [0.5, 0.6) is 11.5 Å². The van der Waals surface area contributed by atoms with Crippen molar-refractivity contribution in [2.75, 3.05) is 32.6 Å². The number of rotatable bonds is 8. The van der Waals surface area contributed by atoms with Crippen molar-refractivity contribution < 1.29 is 27.8 Å². The van der Waals surface area contributed by atoms with Gasteiger partial charge >= 0.3 is 0 Å². The number of methoxy groups -OCH3 is 2. The number of carbonyl (C=O) groups excluding carboxylic acids is 2. The predicted molar refractivity (Wildman–Crippen MR) is 151 cm³/mol. The molecule has 1 saturated heterocycles. The maximum atomic E-state index is 14.8. The minimum Gasteiger partial charge on any atom is -0.497 e. The van der Waals surface area contributed by atoms with Crippen LogP contribution in [0.1, 0.15) is 38.4 Å². The van der Waals surface area contributed by atoms with Crippen molar-refractivity contribution in [2.24, 2.45) is 0 Å². The van der Waals surface area contributed by atoms with E-state index in [2.05, 4.69) is 15.3 Å². The van der Waals surface area contributed by atoms with Crippen molar-refractivity contribution in [3.05, 3.63) is 94.7 Å². The van der Waals surface area contributed by atoms with Gasteiger partial charge in [0.2, 0.25) is 0 Å². The fraction of sp³-hybridized carbons (Fsp3) is 0.226. The molecule has 3 heterocycles. The number of aromatic nitrogens is 2. The number of likely N-dealkylation sites (tertiary alicyclic amines) is 1. The minimum absolute atomic E-state index is 0.0483. The molecule has 0 radical (unpaired) electrons. The molecular formula is C31H27F2N5O4. The third-order valence-corrected chi connectivity index (χ3v) is 7.41. The monoisotopic (exact) mass is 571 g/mol. The average Bonchev–Trinajstić information content (AvgIpc) is 3.27. The Morgan fingerprint density at radius 3 is 2.33 bits per heavy atom. The topological polar surface area (TPSA) is 96.9 Å². The van der Waals surface area contributed by atoms with Crippen molar-refractivity contribution in [2.45, 2.75) is 19.5 Å². The van der Waals surface area contributed by atoms with E-state index in [-0.39, 0.29) is 47.7 Å². The van der Waals surface area contributed by atoms with E-state index in [0.717, 1.165) is 37.2 Å². The third kappa shape index (κ3) is 4.98. The van der Waals surface area contributed by atoms with Crippen molar-refractivity contribution in [3.63, 3.8) is 0 Å². The van der Waals surface area contributed by atoms with Crippen molar-refractivity contribution in [1.82, 2.24) is 19.8 Å². The Morgan fingerprint density at radius 2 is 1.69 bits per heavy atom. The molecule has 4 aromatic rings. The van der Waals surface area contributed by atoms with Gasteiger partial charge in [-0.15, -0.1) is 0 Å². The van der Waals surface area contributed by atoms with Gasteiger partial charge in [-0.25, -0.2) is 18.7 Å². The second-order valence-corrected chi connectivity index (χ2v) is 10.0. The fourth-order valence-corrected chi connectivity index (χ4v) is 5.02. The number of anilines is 2. The van der Waals surface area contributed by atoms with Gasteiger partial charge in [0.15, 0.2) is 5.82 Å². The Bertz CT molecular complexity index is 1670. The molecule has 6 rings (SSSR count). The Labute approximate surface area is 240 Å². The minimum atomic E-state index is -0.820. The Hall–Kier alpha value is -5.06. The lowest BCUT2D eigenvalue weighted by Gasteiger charge is -2.30. The molecule has 1 N–H and O–H groups in total. The quantitative estimate of drug-likeness (QED) is 0.311. The van der Waals surface area contributed by atoms with Crippen LogP contribution < -0.4 is 14.8 Å². The van der Waals surface area contributed by atoms with E-state index >= 15 is 0 Å². The third-order valence-electron chi connectivity index (χ3n) is 7.41. The first kappa shape index (κ1) is 27.1. The van der Waals surface area contributed by atoms with Crippen LogP contribution in [0.2, 0.25) is 0 Å². The number of hydrogen-bond acceptors (Lipinski definition) is 7. The van der Waals surface area contributed by atoms with Crippen molar-refractivity contribution in [3.8, 4) is 22.9 Å². The number of fused-ring (bicyclic) bond motifs is 1. The Kier molecular flexibility index (Phi) is 7.15. The first-order valence-electron chi connectivity index (χ1n) is 13.4. The summed E-state index contributed by atoms with van der Waals surface area (Å²) in [7, 11) is 3.08. The van der Waals surface area contributed by atoms with Crippen LogP contribution in [-0.4, -0.2) is 58.9 Å². The van der Waals surface area contributed by atoms with Crippen molar-refractivity contribution >= 4 is 23.3 Å². The van der Waals surface area contributed by atoms with Gasteiger partial charge in [-0.3, -0.25) is 9.59 Å². The molecule has 0 atom stereocenters. The van der Waals surface area contributed by atoms with Gasteiger partial charge in [-0.05, 0) is 55.0 Å². The number of hydrogen-bond donors (Lipinski definition) is 1. The maximum absolute atomic E-state index is 14.8. The number of carbonyl (C=O) groups is 2. The average molecular weight is 572 g/mol. The van der Waals surface area contributed by atoms with Crippen LogP contribution in [0, 0.1) is 11.6 Å². The van der Waals surface area contributed by atoms with Crippen molar-refractivity contribution in [1.29, 1.82) is 0 Å². The van der Waals surface area contributed by atoms with Crippen LogP contribution in [0.3, 0.4) is 0 Å². The number of nitrogens with one attached hydrogen (secondary N) is 1. The molecule has 1 fully saturated rings. The standard InChI is InChI=1S/C31H27F2N5O4/c1-41-21-12-9-19(25(15-21)42-2)16-38-17-24-27(31(38)40)29(36-28(35-24)26-22(32)5-3-6-23(26)33)34-20-10-7-18(8-11-20)30(39)37-13-4-14-37/h3,5-12,15H,4,13-14,16-17H2,1-2H3,(H,34,35,36). The summed E-state index contributed by atoms with van der Waals surface area (Å²) in [5, 5.41) is 3.12. The SMILES string of the molecule is COc1ccc(CN2Cc3nc(-c4c(F)cccc4F)nc(Nc4ccc(C(=O)N5CCC5)cc4)c3C2=O)c(OC)c1. The largest absolute Gasteiger partial charge is 0.497 e. The molecule has 0 aliphatic carbocycles. The lowest BCUT2D eigenvalue weighted by atomic mass is 10.1. The highest BCUT2D eigenvalue weighted by molar-refractivity contribution is 6.03. The van der Waals surface area contributed by atoms with Gasteiger partial charge in [0.1, 0.15) is 34.5 Å². The van der Waals surface area contributed by atoms with Gasteiger partial charge in [-0.2, -0.15) is 0 Å². The molecule has 214 valence electrons. The van der Waals surface area contributed by atoms with E-state index in [9.17, 15) is 18.4 Å². The smallest absolute Gasteiger partial charge is 0.260 e. The summed E-state index contributed by atoms with van der Waals surface area (Å²) in [5.74, 6) is -0.967. The van der Waals surface area contributed by atoms with E-state index in [1.54, 1.807) is 53.3 Å². The second kappa shape index (κ2) is 11.1. The number of nitrogens with zero attached hydrogens (tertiary/aromatic N) is 4. The zero-order chi connectivity index (χ0) is 29.4. The maximum Gasteiger partial charge on any atom is 0.260 e. The van der Waals surface area contributed by atoms with E-state index in [1.807, 2.05) is 6.07 Å². The van der Waals surface area contributed by atoms with Crippen LogP contribution in [-0.2, 0) is 13.1 Å². The van der Waals surface area contributed by atoms with Crippen LogP contribution in [0.4, 0.5) is 20.3 Å². The number of benzene rings is 3. The summed E-state index contributed by atoms with van der Waals surface area (Å²) in [4.78, 5) is 38.5. The van der Waals surface area contributed by atoms with E-state index in [1.165, 1.54) is 13.2 Å². The second-order valence-electron chi connectivity index (χ2n) is 10.0. The molecule has 1 aromatic heterocycles. The van der Waals surface area contributed by atoms with Gasteiger partial charge in [0.25, 0.3) is 11.8 Å². The highest BCUT2D eigenvalue weighted by Gasteiger charge is 2.34. The van der Waals surface area contributed by atoms with Crippen LogP contribution in [0.15, 0.2) is 60.7 Å². The molecule has 0 bridgehead atoms. The van der Waals surface area contributed by atoms with Crippen LogP contribution >= 0.6 is 0 Å². The summed E-state index contributed by atoms with van der Waals surface area (Å²) in [6, 6.07) is 15.6. The molecule has 0 spiro atoms. The van der Waals surface area contributed by atoms with Gasteiger partial charge < -0.3 is 24.6 Å². The summed E-state index contributed by atoms with van der Waals surface area (Å²) >= 11 is 0.